The number of methoxy groups -OCH3 is 3. The average molecular weight is 506 g/mol. The Morgan fingerprint density at radius 3 is 2.12 bits per heavy atom. The van der Waals surface area contributed by atoms with Gasteiger partial charge in [0.25, 0.3) is 11.7 Å². The second-order valence-corrected chi connectivity index (χ2v) is 9.05. The van der Waals surface area contributed by atoms with E-state index >= 15 is 0 Å². The maximum atomic E-state index is 13.3. The van der Waals surface area contributed by atoms with Gasteiger partial charge in [-0.2, -0.15) is 0 Å². The number of carbonyl (C=O) groups is 2. The molecule has 1 amide bonds. The lowest BCUT2D eigenvalue weighted by Gasteiger charge is -2.31. The molecule has 1 unspecified atom stereocenters. The SMILES string of the molecule is COc1ccc(C2/C(=C(\O)c3cc(Cl)c(OC)c(Cl)c3)C(=O)C(=O)N2C2CCCC2)cc1OC. The first-order valence-electron chi connectivity index (χ1n) is 10.9. The van der Waals surface area contributed by atoms with Crippen LogP contribution in [0.5, 0.6) is 17.2 Å². The average Bonchev–Trinajstić information content (AvgIpc) is 3.44. The number of likely N-dealkylation sites (tertiary alicyclic amines) is 1. The number of ether oxygens (including phenoxy) is 3. The normalized spacial score (nSPS) is 20.1. The number of hydrogen-bond donors (Lipinski definition) is 1. The maximum Gasteiger partial charge on any atom is 0.295 e. The molecule has 34 heavy (non-hydrogen) atoms. The Balaban J connectivity index is 1.92. The number of benzene rings is 2. The minimum atomic E-state index is -0.803. The van der Waals surface area contributed by atoms with Gasteiger partial charge in [-0.3, -0.25) is 9.59 Å². The van der Waals surface area contributed by atoms with E-state index in [1.165, 1.54) is 33.5 Å². The van der Waals surface area contributed by atoms with E-state index in [9.17, 15) is 14.7 Å². The number of Topliss-reactive ketones (excluding diaryl/α,β-unsaturated/α-hetero) is 1. The first kappa shape index (κ1) is 24.2. The van der Waals surface area contributed by atoms with Gasteiger partial charge < -0.3 is 24.2 Å². The molecule has 0 radical (unpaired) electrons. The van der Waals surface area contributed by atoms with Gasteiger partial charge in [0.15, 0.2) is 17.2 Å². The molecule has 0 spiro atoms. The third-order valence-corrected chi connectivity index (χ3v) is 6.96. The molecule has 2 aliphatic rings. The first-order valence-corrected chi connectivity index (χ1v) is 11.6. The van der Waals surface area contributed by atoms with Crippen molar-refractivity contribution in [1.82, 2.24) is 4.90 Å². The summed E-state index contributed by atoms with van der Waals surface area (Å²) in [5.74, 6) is -0.538. The Bertz CT molecular complexity index is 1150. The van der Waals surface area contributed by atoms with Crippen molar-refractivity contribution in [2.45, 2.75) is 37.8 Å². The predicted molar refractivity (Wildman–Crippen MR) is 129 cm³/mol. The van der Waals surface area contributed by atoms with Gasteiger partial charge in [0, 0.05) is 11.6 Å². The monoisotopic (exact) mass is 505 g/mol. The highest BCUT2D eigenvalue weighted by molar-refractivity contribution is 6.47. The van der Waals surface area contributed by atoms with Crippen LogP contribution < -0.4 is 14.2 Å². The Kier molecular flexibility index (Phi) is 6.96. The van der Waals surface area contributed by atoms with Crippen molar-refractivity contribution < 1.29 is 28.9 Å². The minimum absolute atomic E-state index is 0.0265. The summed E-state index contributed by atoms with van der Waals surface area (Å²) in [5, 5.41) is 11.6. The summed E-state index contributed by atoms with van der Waals surface area (Å²) in [5.41, 5.74) is 0.808. The van der Waals surface area contributed by atoms with E-state index in [0.717, 1.165) is 25.7 Å². The van der Waals surface area contributed by atoms with E-state index in [1.807, 2.05) is 0 Å². The zero-order valence-electron chi connectivity index (χ0n) is 19.1. The van der Waals surface area contributed by atoms with Crippen LogP contribution in [-0.2, 0) is 9.59 Å². The van der Waals surface area contributed by atoms with E-state index in [4.69, 9.17) is 37.4 Å². The number of halogens is 2. The Morgan fingerprint density at radius 1 is 0.941 bits per heavy atom. The van der Waals surface area contributed by atoms with Gasteiger partial charge in [-0.25, -0.2) is 0 Å². The molecular weight excluding hydrogens is 481 g/mol. The fraction of sp³-hybridized carbons (Fsp3) is 0.360. The molecule has 1 aliphatic heterocycles. The molecule has 0 bridgehead atoms. The second-order valence-electron chi connectivity index (χ2n) is 8.23. The lowest BCUT2D eigenvalue weighted by molar-refractivity contribution is -0.141. The topological polar surface area (TPSA) is 85.3 Å². The van der Waals surface area contributed by atoms with Gasteiger partial charge >= 0.3 is 0 Å². The van der Waals surface area contributed by atoms with Crippen molar-refractivity contribution in [2.75, 3.05) is 21.3 Å². The van der Waals surface area contributed by atoms with Gasteiger partial charge in [-0.1, -0.05) is 42.1 Å². The molecule has 1 saturated heterocycles. The van der Waals surface area contributed by atoms with Crippen LogP contribution in [0.15, 0.2) is 35.9 Å². The Hall–Kier alpha value is -2.90. The number of rotatable bonds is 6. The number of nitrogens with zero attached hydrogens (tertiary/aromatic N) is 1. The largest absolute Gasteiger partial charge is 0.507 e. The second kappa shape index (κ2) is 9.76. The molecule has 180 valence electrons. The van der Waals surface area contributed by atoms with E-state index in [-0.39, 0.29) is 38.7 Å². The molecule has 1 heterocycles. The highest BCUT2D eigenvalue weighted by atomic mass is 35.5. The predicted octanol–water partition coefficient (Wildman–Crippen LogP) is 5.38. The van der Waals surface area contributed by atoms with Gasteiger partial charge in [-0.15, -0.1) is 0 Å². The smallest absolute Gasteiger partial charge is 0.295 e. The summed E-state index contributed by atoms with van der Waals surface area (Å²) in [6.45, 7) is 0. The number of ketones is 1. The fourth-order valence-electron chi connectivity index (χ4n) is 4.81. The van der Waals surface area contributed by atoms with Crippen LogP contribution in [0.2, 0.25) is 10.0 Å². The highest BCUT2D eigenvalue weighted by Gasteiger charge is 2.49. The lowest BCUT2D eigenvalue weighted by Crippen LogP contribution is -2.37. The van der Waals surface area contributed by atoms with Crippen molar-refractivity contribution in [1.29, 1.82) is 0 Å². The first-order chi connectivity index (χ1) is 16.3. The third-order valence-electron chi connectivity index (χ3n) is 6.40. The molecular formula is C25H25Cl2NO6. The van der Waals surface area contributed by atoms with Crippen LogP contribution in [0, 0.1) is 0 Å². The summed E-state index contributed by atoms with van der Waals surface area (Å²) < 4.78 is 16.0. The molecule has 1 saturated carbocycles. The molecule has 1 aliphatic carbocycles. The highest BCUT2D eigenvalue weighted by Crippen LogP contribution is 2.46. The molecule has 1 N–H and O–H groups in total. The van der Waals surface area contributed by atoms with E-state index in [1.54, 1.807) is 23.1 Å². The zero-order valence-corrected chi connectivity index (χ0v) is 20.6. The van der Waals surface area contributed by atoms with Crippen LogP contribution in [0.3, 0.4) is 0 Å². The summed E-state index contributed by atoms with van der Waals surface area (Å²) in [6, 6.07) is 7.20. The summed E-state index contributed by atoms with van der Waals surface area (Å²) in [4.78, 5) is 28.1. The lowest BCUT2D eigenvalue weighted by atomic mass is 9.94. The van der Waals surface area contributed by atoms with Gasteiger partial charge in [0.2, 0.25) is 0 Å². The van der Waals surface area contributed by atoms with Crippen molar-refractivity contribution in [3.05, 3.63) is 57.1 Å². The Morgan fingerprint density at radius 2 is 1.56 bits per heavy atom. The van der Waals surface area contributed by atoms with Crippen LogP contribution >= 0.6 is 23.2 Å². The van der Waals surface area contributed by atoms with E-state index in [2.05, 4.69) is 0 Å². The van der Waals surface area contributed by atoms with Crippen LogP contribution in [0.1, 0.15) is 42.9 Å². The van der Waals surface area contributed by atoms with E-state index < -0.39 is 17.7 Å². The maximum absolute atomic E-state index is 13.3. The molecule has 2 aromatic carbocycles. The third kappa shape index (κ3) is 4.07. The van der Waals surface area contributed by atoms with Crippen LogP contribution in [0.4, 0.5) is 0 Å². The molecule has 2 aromatic rings. The quantitative estimate of drug-likeness (QED) is 0.322. The number of aliphatic hydroxyl groups is 1. The molecule has 2 fully saturated rings. The standard InChI is InChI=1S/C25H25Cl2NO6/c1-32-18-9-8-13(12-19(18)33-2)21-20(23(30)25(31)28(21)15-6-4-5-7-15)22(29)14-10-16(26)24(34-3)17(27)11-14/h8-12,15,21,29H,4-7H2,1-3H3/b22-20+. The van der Waals surface area contributed by atoms with Crippen molar-refractivity contribution >= 4 is 40.7 Å². The van der Waals surface area contributed by atoms with Gasteiger partial charge in [0.05, 0.1) is 43.0 Å². The van der Waals surface area contributed by atoms with Gasteiger partial charge in [0.1, 0.15) is 5.76 Å². The molecule has 4 rings (SSSR count). The molecule has 0 aromatic heterocycles. The molecule has 9 heteroatoms. The molecule has 7 nitrogen and oxygen atoms in total. The van der Waals surface area contributed by atoms with Crippen molar-refractivity contribution in [3.63, 3.8) is 0 Å². The van der Waals surface area contributed by atoms with Crippen LogP contribution in [-0.4, -0.2) is 49.1 Å². The number of hydrogen-bond acceptors (Lipinski definition) is 6. The van der Waals surface area contributed by atoms with Crippen LogP contribution in [0.25, 0.3) is 5.76 Å². The number of carbonyl (C=O) groups excluding carboxylic acids is 2. The number of aliphatic hydroxyl groups excluding tert-OH is 1. The summed E-state index contributed by atoms with van der Waals surface area (Å²) >= 11 is 12.5. The zero-order chi connectivity index (χ0) is 24.6. The van der Waals surface area contributed by atoms with Crippen molar-refractivity contribution in [3.8, 4) is 17.2 Å². The van der Waals surface area contributed by atoms with E-state index in [0.29, 0.717) is 17.1 Å². The summed E-state index contributed by atoms with van der Waals surface area (Å²) in [7, 11) is 4.47. The summed E-state index contributed by atoms with van der Waals surface area (Å²) in [6.07, 6.45) is 3.51. The Labute approximate surface area is 207 Å². The van der Waals surface area contributed by atoms with Crippen molar-refractivity contribution in [2.24, 2.45) is 0 Å². The molecule has 1 atom stereocenters. The fourth-order valence-corrected chi connectivity index (χ4v) is 5.45. The van der Waals surface area contributed by atoms with Gasteiger partial charge in [-0.05, 0) is 42.7 Å². The number of amides is 1. The minimum Gasteiger partial charge on any atom is -0.507 e.